The minimum Gasteiger partial charge on any atom is -0.345 e. The first-order valence-corrected chi connectivity index (χ1v) is 7.42. The number of nitrogens with one attached hydrogen (secondary N) is 1. The van der Waals surface area contributed by atoms with Crippen LogP contribution in [0.2, 0.25) is 0 Å². The van der Waals surface area contributed by atoms with Gasteiger partial charge in [0.25, 0.3) is 5.91 Å². The van der Waals surface area contributed by atoms with Crippen molar-refractivity contribution >= 4 is 5.91 Å². The Balaban J connectivity index is 2.31. The summed E-state index contributed by atoms with van der Waals surface area (Å²) in [6, 6.07) is 9.62. The quantitative estimate of drug-likeness (QED) is 0.783. The Kier molecular flexibility index (Phi) is 5.26. The Morgan fingerprint density at radius 3 is 2.12 bits per heavy atom. The van der Waals surface area contributed by atoms with E-state index in [0.29, 0.717) is 5.56 Å². The van der Waals surface area contributed by atoms with Gasteiger partial charge in [-0.15, -0.1) is 0 Å². The topological polar surface area (TPSA) is 29.1 Å². The van der Waals surface area contributed by atoms with Crippen molar-refractivity contribution in [3.05, 3.63) is 71.0 Å². The minimum atomic E-state index is -4.61. The van der Waals surface area contributed by atoms with Gasteiger partial charge in [0.05, 0.1) is 17.2 Å². The van der Waals surface area contributed by atoms with Crippen molar-refractivity contribution in [2.75, 3.05) is 0 Å². The molecule has 2 aromatic carbocycles. The molecule has 2 aromatic rings. The van der Waals surface area contributed by atoms with E-state index in [1.165, 1.54) is 36.4 Å². The van der Waals surface area contributed by atoms with Crippen molar-refractivity contribution in [3.63, 3.8) is 0 Å². The second-order valence-corrected chi connectivity index (χ2v) is 5.79. The number of carbonyl (C=O) groups is 1. The van der Waals surface area contributed by atoms with Crippen molar-refractivity contribution in [1.29, 1.82) is 0 Å². The molecule has 0 radical (unpaired) electrons. The van der Waals surface area contributed by atoms with Gasteiger partial charge in [-0.25, -0.2) is 4.39 Å². The number of halogens is 4. The molecule has 0 saturated heterocycles. The maximum atomic E-state index is 13.1. The molecule has 1 amide bonds. The molecule has 1 atom stereocenters. The van der Waals surface area contributed by atoms with Gasteiger partial charge in [-0.2, -0.15) is 13.2 Å². The van der Waals surface area contributed by atoms with Gasteiger partial charge >= 0.3 is 6.18 Å². The van der Waals surface area contributed by atoms with Crippen LogP contribution in [0.5, 0.6) is 0 Å². The second kappa shape index (κ2) is 7.03. The highest BCUT2D eigenvalue weighted by molar-refractivity contribution is 5.96. The average molecular weight is 339 g/mol. The summed E-state index contributed by atoms with van der Waals surface area (Å²) < 4.78 is 52.2. The molecule has 0 heterocycles. The fourth-order valence-corrected chi connectivity index (χ4v) is 2.45. The molecule has 2 nitrogen and oxygen atoms in total. The molecule has 128 valence electrons. The van der Waals surface area contributed by atoms with Gasteiger partial charge < -0.3 is 5.32 Å². The van der Waals surface area contributed by atoms with E-state index in [9.17, 15) is 22.4 Å². The minimum absolute atomic E-state index is 0.0857. The fraction of sp³-hybridized carbons (Fsp3) is 0.278. The van der Waals surface area contributed by atoms with E-state index < -0.39 is 35.1 Å². The Hall–Kier alpha value is -2.37. The van der Waals surface area contributed by atoms with E-state index in [1.54, 1.807) is 0 Å². The van der Waals surface area contributed by atoms with Crippen LogP contribution in [0, 0.1) is 11.7 Å². The summed E-state index contributed by atoms with van der Waals surface area (Å²) in [6.07, 6.45) is -4.61. The molecule has 0 aliphatic rings. The summed E-state index contributed by atoms with van der Waals surface area (Å²) in [7, 11) is 0. The average Bonchev–Trinajstić information content (AvgIpc) is 2.52. The molecule has 0 aliphatic carbocycles. The number of hydrogen-bond acceptors (Lipinski definition) is 1. The van der Waals surface area contributed by atoms with Gasteiger partial charge in [0.1, 0.15) is 5.82 Å². The maximum Gasteiger partial charge on any atom is 0.417 e. The predicted octanol–water partition coefficient (Wildman–Crippen LogP) is 4.97. The summed E-state index contributed by atoms with van der Waals surface area (Å²) in [5, 5.41) is 2.62. The second-order valence-electron chi connectivity index (χ2n) is 5.79. The summed E-state index contributed by atoms with van der Waals surface area (Å²) in [4.78, 5) is 12.4. The van der Waals surface area contributed by atoms with Crippen LogP contribution >= 0.6 is 0 Å². The number of alkyl halides is 3. The maximum absolute atomic E-state index is 13.1. The number of carbonyl (C=O) groups excluding carboxylic acids is 1. The molecule has 0 aliphatic heterocycles. The zero-order valence-corrected chi connectivity index (χ0v) is 13.2. The molecule has 0 fully saturated rings. The van der Waals surface area contributed by atoms with Crippen molar-refractivity contribution in [3.8, 4) is 0 Å². The first-order valence-electron chi connectivity index (χ1n) is 7.42. The molecule has 0 aromatic heterocycles. The standard InChI is InChI=1S/C18H17F4NO/c1-11(2)16(12-7-9-13(19)10-8-12)23-17(24)14-5-3-4-6-15(14)18(20,21)22/h3-11,16H,1-2H3,(H,23,24). The first-order chi connectivity index (χ1) is 11.2. The molecule has 2 rings (SSSR count). The zero-order valence-electron chi connectivity index (χ0n) is 13.2. The highest BCUT2D eigenvalue weighted by Crippen LogP contribution is 2.32. The van der Waals surface area contributed by atoms with Crippen LogP contribution in [0.3, 0.4) is 0 Å². The third kappa shape index (κ3) is 4.13. The number of rotatable bonds is 4. The SMILES string of the molecule is CC(C)C(NC(=O)c1ccccc1C(F)(F)F)c1ccc(F)cc1. The van der Waals surface area contributed by atoms with Gasteiger partial charge in [-0.1, -0.05) is 38.1 Å². The lowest BCUT2D eigenvalue weighted by atomic mass is 9.95. The number of benzene rings is 2. The van der Waals surface area contributed by atoms with Crippen molar-refractivity contribution in [2.24, 2.45) is 5.92 Å². The third-order valence-electron chi connectivity index (χ3n) is 3.66. The van der Waals surface area contributed by atoms with Crippen LogP contribution in [-0.4, -0.2) is 5.91 Å². The van der Waals surface area contributed by atoms with E-state index in [4.69, 9.17) is 0 Å². The summed E-state index contributed by atoms with van der Waals surface area (Å²) in [5.41, 5.74) is -0.786. The summed E-state index contributed by atoms with van der Waals surface area (Å²) in [6.45, 7) is 3.65. The molecule has 1 N–H and O–H groups in total. The highest BCUT2D eigenvalue weighted by atomic mass is 19.4. The molecule has 1 unspecified atom stereocenters. The van der Waals surface area contributed by atoms with Crippen LogP contribution < -0.4 is 5.32 Å². The molecule has 0 bridgehead atoms. The Labute approximate surface area is 137 Å². The fourth-order valence-electron chi connectivity index (χ4n) is 2.45. The molecular weight excluding hydrogens is 322 g/mol. The van der Waals surface area contributed by atoms with Crippen LogP contribution in [0.15, 0.2) is 48.5 Å². The van der Waals surface area contributed by atoms with Gasteiger partial charge in [-0.05, 0) is 35.7 Å². The van der Waals surface area contributed by atoms with Crippen molar-refractivity contribution < 1.29 is 22.4 Å². The lowest BCUT2D eigenvalue weighted by Crippen LogP contribution is -2.33. The van der Waals surface area contributed by atoms with Gasteiger partial charge in [0.2, 0.25) is 0 Å². The van der Waals surface area contributed by atoms with Crippen LogP contribution in [0.4, 0.5) is 17.6 Å². The first kappa shape index (κ1) is 18.0. The van der Waals surface area contributed by atoms with Crippen molar-refractivity contribution in [2.45, 2.75) is 26.1 Å². The lowest BCUT2D eigenvalue weighted by molar-refractivity contribution is -0.137. The van der Waals surface area contributed by atoms with Gasteiger partial charge in [-0.3, -0.25) is 4.79 Å². The molecule has 24 heavy (non-hydrogen) atoms. The van der Waals surface area contributed by atoms with Gasteiger partial charge in [0, 0.05) is 0 Å². The molecular formula is C18H17F4NO. The summed E-state index contributed by atoms with van der Waals surface area (Å²) in [5.74, 6) is -1.32. The van der Waals surface area contributed by atoms with E-state index in [-0.39, 0.29) is 5.92 Å². The smallest absolute Gasteiger partial charge is 0.345 e. The van der Waals surface area contributed by atoms with E-state index in [1.807, 2.05) is 13.8 Å². The van der Waals surface area contributed by atoms with Gasteiger partial charge in [0.15, 0.2) is 0 Å². The van der Waals surface area contributed by atoms with Crippen LogP contribution in [0.1, 0.15) is 41.4 Å². The normalized spacial score (nSPS) is 13.0. The molecule has 6 heteroatoms. The van der Waals surface area contributed by atoms with Crippen LogP contribution in [-0.2, 0) is 6.18 Å². The monoisotopic (exact) mass is 339 g/mol. The zero-order chi connectivity index (χ0) is 17.9. The number of hydrogen-bond donors (Lipinski definition) is 1. The Bertz CT molecular complexity index is 708. The Morgan fingerprint density at radius 1 is 1.00 bits per heavy atom. The lowest BCUT2D eigenvalue weighted by Gasteiger charge is -2.24. The van der Waals surface area contributed by atoms with Crippen molar-refractivity contribution in [1.82, 2.24) is 5.32 Å². The molecule has 0 spiro atoms. The summed E-state index contributed by atoms with van der Waals surface area (Å²) >= 11 is 0. The largest absolute Gasteiger partial charge is 0.417 e. The number of amides is 1. The van der Waals surface area contributed by atoms with E-state index >= 15 is 0 Å². The highest BCUT2D eigenvalue weighted by Gasteiger charge is 2.35. The Morgan fingerprint density at radius 2 is 1.58 bits per heavy atom. The van der Waals surface area contributed by atoms with E-state index in [0.717, 1.165) is 12.1 Å². The third-order valence-corrected chi connectivity index (χ3v) is 3.66. The predicted molar refractivity (Wildman–Crippen MR) is 82.9 cm³/mol. The van der Waals surface area contributed by atoms with E-state index in [2.05, 4.69) is 5.32 Å². The molecule has 0 saturated carbocycles. The van der Waals surface area contributed by atoms with Crippen LogP contribution in [0.25, 0.3) is 0 Å².